The molecule has 1 aromatic carbocycles. The van der Waals surface area contributed by atoms with Gasteiger partial charge in [-0.2, -0.15) is 0 Å². The van der Waals surface area contributed by atoms with Crippen molar-refractivity contribution in [2.45, 2.75) is 216 Å². The zero-order valence-electron chi connectivity index (χ0n) is 49.3. The van der Waals surface area contributed by atoms with Gasteiger partial charge in [0.25, 0.3) is 0 Å². The van der Waals surface area contributed by atoms with Crippen LogP contribution in [0.1, 0.15) is 166 Å². The van der Waals surface area contributed by atoms with Gasteiger partial charge in [-0.25, -0.2) is 19.2 Å². The molecule has 5 aliphatic rings. The lowest BCUT2D eigenvalue weighted by Gasteiger charge is -2.29. The smallest absolute Gasteiger partial charge is 0.465 e. The summed E-state index contributed by atoms with van der Waals surface area (Å²) in [4.78, 5) is 91.8. The lowest BCUT2D eigenvalue weighted by Crippen LogP contribution is -2.38. The summed E-state index contributed by atoms with van der Waals surface area (Å²) >= 11 is 0. The van der Waals surface area contributed by atoms with Gasteiger partial charge in [0.05, 0.1) is 41.5 Å². The number of carbonyl (C=O) groups is 8. The van der Waals surface area contributed by atoms with E-state index >= 15 is 0 Å². The molecule has 80 heavy (non-hydrogen) atoms. The van der Waals surface area contributed by atoms with Crippen molar-refractivity contribution in [3.8, 4) is 0 Å². The van der Waals surface area contributed by atoms with Gasteiger partial charge in [-0.15, -0.1) is 0 Å². The highest BCUT2D eigenvalue weighted by Gasteiger charge is 2.43. The molecular formula is C58H90O22. The average Bonchev–Trinajstić information content (AvgIpc) is 4.23. The third-order valence-electron chi connectivity index (χ3n) is 15.1. The first-order valence-electron chi connectivity index (χ1n) is 28.1. The van der Waals surface area contributed by atoms with E-state index in [9.17, 15) is 38.4 Å². The van der Waals surface area contributed by atoms with Crippen LogP contribution in [0.4, 0.5) is 19.2 Å². The molecule has 4 heterocycles. The van der Waals surface area contributed by atoms with E-state index in [1.165, 1.54) is 0 Å². The number of esters is 4. The van der Waals surface area contributed by atoms with Crippen molar-refractivity contribution in [1.29, 1.82) is 0 Å². The Balaban J connectivity index is 0.000000282. The van der Waals surface area contributed by atoms with E-state index in [4.69, 9.17) is 61.9 Å². The van der Waals surface area contributed by atoms with Crippen molar-refractivity contribution >= 4 is 48.5 Å². The summed E-state index contributed by atoms with van der Waals surface area (Å²) in [5, 5.41) is 8.93. The third kappa shape index (κ3) is 22.2. The SMILES string of the molecule is CCC(C)(C)C(=O)OCC(OCc1ccccc1)C1COC(=O)O1.CCC(C)(C)C(=O)OCC1CCC2OC(=O)OC2C1.CCC(C)(C)C(=O)OCC1OC(=O)OC1CO.CCCCCC1OC(=O)OC1COC(=O)C(C)(C)CC. The molecule has 5 fully saturated rings. The number of rotatable bonds is 25. The van der Waals surface area contributed by atoms with Crippen LogP contribution in [0.2, 0.25) is 0 Å². The van der Waals surface area contributed by atoms with E-state index in [1.54, 1.807) is 13.8 Å². The number of carbonyl (C=O) groups excluding carboxylic acids is 8. The van der Waals surface area contributed by atoms with Crippen LogP contribution in [-0.4, -0.2) is 142 Å². The normalized spacial score (nSPS) is 23.5. The maximum Gasteiger partial charge on any atom is 0.509 e. The van der Waals surface area contributed by atoms with Gasteiger partial charge >= 0.3 is 48.5 Å². The second-order valence-corrected chi connectivity index (χ2v) is 22.9. The van der Waals surface area contributed by atoms with Crippen molar-refractivity contribution in [1.82, 2.24) is 0 Å². The highest BCUT2D eigenvalue weighted by Crippen LogP contribution is 2.34. The number of ether oxygens (including phenoxy) is 13. The van der Waals surface area contributed by atoms with Gasteiger partial charge < -0.3 is 66.7 Å². The molecule has 0 amide bonds. The molecule has 0 aromatic heterocycles. The van der Waals surface area contributed by atoms with Crippen LogP contribution in [0.25, 0.3) is 0 Å². The minimum atomic E-state index is -0.847. The maximum absolute atomic E-state index is 12.1. The topological polar surface area (TPSA) is 277 Å². The summed E-state index contributed by atoms with van der Waals surface area (Å²) < 4.78 is 66.6. The lowest BCUT2D eigenvalue weighted by molar-refractivity contribution is -0.162. The minimum absolute atomic E-state index is 0.0103. The molecule has 6 rings (SSSR count). The maximum atomic E-state index is 12.1. The molecule has 454 valence electrons. The fourth-order valence-electron chi connectivity index (χ4n) is 7.59. The summed E-state index contributed by atoms with van der Waals surface area (Å²) in [5.41, 5.74) is -1.10. The minimum Gasteiger partial charge on any atom is -0.465 e. The first-order chi connectivity index (χ1) is 37.6. The molecule has 22 heteroatoms. The molecule has 9 atom stereocenters. The van der Waals surface area contributed by atoms with E-state index in [0.29, 0.717) is 32.5 Å². The van der Waals surface area contributed by atoms with E-state index < -0.39 is 76.8 Å². The molecule has 4 aliphatic heterocycles. The monoisotopic (exact) mass is 1140 g/mol. The number of unbranched alkanes of at least 4 members (excludes halogenated alkanes) is 2. The van der Waals surface area contributed by atoms with Gasteiger partial charge in [0.1, 0.15) is 50.8 Å². The summed E-state index contributed by atoms with van der Waals surface area (Å²) in [5.74, 6) is -0.831. The number of fused-ring (bicyclic) bond motifs is 1. The molecule has 22 nitrogen and oxygen atoms in total. The Hall–Kier alpha value is -5.90. The Labute approximate surface area is 471 Å². The van der Waals surface area contributed by atoms with Crippen LogP contribution in [-0.2, 0) is 87.4 Å². The quantitative estimate of drug-likeness (QED) is 0.0541. The lowest BCUT2D eigenvalue weighted by atomic mass is 9.85. The Morgan fingerprint density at radius 2 is 1.01 bits per heavy atom. The number of hydrogen-bond acceptors (Lipinski definition) is 22. The van der Waals surface area contributed by atoms with Crippen LogP contribution in [0.5, 0.6) is 0 Å². The zero-order valence-corrected chi connectivity index (χ0v) is 49.3. The fourth-order valence-corrected chi connectivity index (χ4v) is 7.59. The number of benzene rings is 1. The van der Waals surface area contributed by atoms with Crippen molar-refractivity contribution < 1.29 is 105 Å². The van der Waals surface area contributed by atoms with Crippen LogP contribution in [0.15, 0.2) is 30.3 Å². The molecule has 1 aliphatic carbocycles. The summed E-state index contributed by atoms with van der Waals surface area (Å²) in [7, 11) is 0. The van der Waals surface area contributed by atoms with Gasteiger partial charge in [-0.1, -0.05) is 77.8 Å². The molecule has 1 N–H and O–H groups in total. The second-order valence-electron chi connectivity index (χ2n) is 22.9. The molecule has 0 radical (unpaired) electrons. The Morgan fingerprint density at radius 1 is 0.550 bits per heavy atom. The predicted octanol–water partition coefficient (Wildman–Crippen LogP) is 10.1. The second kappa shape index (κ2) is 32.5. The van der Waals surface area contributed by atoms with E-state index in [1.807, 2.05) is 99.6 Å². The van der Waals surface area contributed by atoms with Crippen LogP contribution < -0.4 is 0 Å². The first-order valence-corrected chi connectivity index (χ1v) is 28.1. The Kier molecular flexibility index (Phi) is 27.8. The van der Waals surface area contributed by atoms with E-state index in [0.717, 1.165) is 56.9 Å². The summed E-state index contributed by atoms with van der Waals surface area (Å²) in [6.45, 7) is 24.9. The van der Waals surface area contributed by atoms with Crippen molar-refractivity contribution in [3.05, 3.63) is 35.9 Å². The van der Waals surface area contributed by atoms with Gasteiger partial charge in [0, 0.05) is 0 Å². The van der Waals surface area contributed by atoms with Gasteiger partial charge in [-0.05, 0) is 125 Å². The standard InChI is InChI=1S/C18H24O6.C15H26O5.C14H22O5.C11H18O6/c1-4-18(2,3)16(19)22-11-14(15-12-23-17(20)24-15)21-10-13-8-6-5-7-9-13;1-5-7-8-9-11-12(20-14(17)19-11)10-18-13(16)15(3,4)6-2;1-4-14(2,3)12(15)17-8-9-5-6-10-11(7-9)19-13(16)18-10;1-4-11(2,3)9(13)15-6-8-7(5-12)16-10(14)17-8/h5-9,14-15H,4,10-12H2,1-3H3;11-12H,5-10H2,1-4H3;9-11H,4-8H2,1-3H3;7-8,12H,4-6H2,1-3H3. The van der Waals surface area contributed by atoms with Crippen LogP contribution >= 0.6 is 0 Å². The molecule has 9 unspecified atom stereocenters. The van der Waals surface area contributed by atoms with E-state index in [2.05, 4.69) is 11.7 Å². The molecule has 1 saturated carbocycles. The van der Waals surface area contributed by atoms with Gasteiger partial charge in [0.15, 0.2) is 24.4 Å². The van der Waals surface area contributed by atoms with Crippen molar-refractivity contribution in [3.63, 3.8) is 0 Å². The first kappa shape index (κ1) is 68.4. The highest BCUT2D eigenvalue weighted by molar-refractivity contribution is 5.77. The molecule has 0 spiro atoms. The molecular weight excluding hydrogens is 1050 g/mol. The number of hydrogen-bond donors (Lipinski definition) is 1. The summed E-state index contributed by atoms with van der Waals surface area (Å²) in [6, 6.07) is 9.61. The predicted molar refractivity (Wildman–Crippen MR) is 285 cm³/mol. The van der Waals surface area contributed by atoms with Gasteiger partial charge in [0.2, 0.25) is 0 Å². The largest absolute Gasteiger partial charge is 0.509 e. The fraction of sp³-hybridized carbons (Fsp3) is 0.759. The van der Waals surface area contributed by atoms with Crippen LogP contribution in [0.3, 0.4) is 0 Å². The highest BCUT2D eigenvalue weighted by atomic mass is 16.8. The molecule has 4 saturated heterocycles. The third-order valence-corrected chi connectivity index (χ3v) is 15.1. The van der Waals surface area contributed by atoms with Crippen LogP contribution in [0, 0.1) is 27.6 Å². The molecule has 1 aromatic rings. The van der Waals surface area contributed by atoms with Gasteiger partial charge in [-0.3, -0.25) is 19.2 Å². The number of cyclic esters (lactones) is 6. The van der Waals surface area contributed by atoms with E-state index in [-0.39, 0.29) is 81.1 Å². The zero-order chi connectivity index (χ0) is 59.8. The molecule has 0 bridgehead atoms. The number of aliphatic hydroxyl groups excluding tert-OH is 1. The average molecular weight is 1140 g/mol. The number of aliphatic hydroxyl groups is 1. The van der Waals surface area contributed by atoms with Crippen molar-refractivity contribution in [2.24, 2.45) is 27.6 Å². The summed E-state index contributed by atoms with van der Waals surface area (Å²) in [6.07, 6.45) is 2.59. The van der Waals surface area contributed by atoms with Crippen molar-refractivity contribution in [2.75, 3.05) is 39.6 Å². The Morgan fingerprint density at radius 3 is 1.50 bits per heavy atom. The Bertz CT molecular complexity index is 2140.